The molecule has 1 aliphatic heterocycles. The third kappa shape index (κ3) is 4.76. The van der Waals surface area contributed by atoms with Crippen molar-refractivity contribution in [3.63, 3.8) is 0 Å². The molecule has 0 saturated carbocycles. The molecular formula is C26H26N4O4. The fourth-order valence-electron chi connectivity index (χ4n) is 3.72. The Balaban J connectivity index is 1.62. The lowest BCUT2D eigenvalue weighted by molar-refractivity contribution is -0.120. The number of pyridine rings is 1. The van der Waals surface area contributed by atoms with E-state index in [9.17, 15) is 9.59 Å². The molecule has 0 radical (unpaired) electrons. The fourth-order valence-corrected chi connectivity index (χ4v) is 3.72. The number of methoxy groups -OCH3 is 2. The third-order valence-electron chi connectivity index (χ3n) is 5.72. The molecule has 1 N–H and O–H groups in total. The summed E-state index contributed by atoms with van der Waals surface area (Å²) in [5.74, 6) is 0.739. The number of nitrogens with zero attached hydrogens (tertiary/aromatic N) is 3. The number of hydrogen-bond acceptors (Lipinski definition) is 6. The summed E-state index contributed by atoms with van der Waals surface area (Å²) >= 11 is 0. The molecule has 3 aromatic rings. The van der Waals surface area contributed by atoms with E-state index < -0.39 is 5.91 Å². The lowest BCUT2D eigenvalue weighted by Crippen LogP contribution is -2.39. The van der Waals surface area contributed by atoms with Crippen LogP contribution >= 0.6 is 0 Å². The largest absolute Gasteiger partial charge is 0.497 e. The summed E-state index contributed by atoms with van der Waals surface area (Å²) in [5, 5.41) is 2.81. The number of anilines is 2. The van der Waals surface area contributed by atoms with Gasteiger partial charge in [0.25, 0.3) is 0 Å². The molecule has 34 heavy (non-hydrogen) atoms. The van der Waals surface area contributed by atoms with Gasteiger partial charge in [-0.1, -0.05) is 12.1 Å². The number of ether oxygens (including phenoxy) is 2. The second-order valence-corrected chi connectivity index (χ2v) is 7.97. The van der Waals surface area contributed by atoms with Crippen molar-refractivity contribution >= 4 is 34.7 Å². The van der Waals surface area contributed by atoms with Crippen LogP contribution in [-0.4, -0.2) is 43.3 Å². The van der Waals surface area contributed by atoms with Gasteiger partial charge in [0.1, 0.15) is 23.7 Å². The minimum atomic E-state index is -0.397. The van der Waals surface area contributed by atoms with Crippen molar-refractivity contribution in [2.45, 2.75) is 20.3 Å². The molecule has 0 spiro atoms. The lowest BCUT2D eigenvalue weighted by Gasteiger charge is -2.21. The van der Waals surface area contributed by atoms with E-state index in [1.54, 1.807) is 43.6 Å². The summed E-state index contributed by atoms with van der Waals surface area (Å²) in [6.45, 7) is 3.84. The molecule has 2 heterocycles. The van der Waals surface area contributed by atoms with Crippen molar-refractivity contribution in [2.24, 2.45) is 4.99 Å². The van der Waals surface area contributed by atoms with Gasteiger partial charge in [0, 0.05) is 12.3 Å². The van der Waals surface area contributed by atoms with Crippen LogP contribution in [0.2, 0.25) is 0 Å². The number of benzene rings is 2. The summed E-state index contributed by atoms with van der Waals surface area (Å²) in [5.41, 5.74) is 4.78. The first-order valence-electron chi connectivity index (χ1n) is 10.8. The van der Waals surface area contributed by atoms with E-state index in [-0.39, 0.29) is 18.9 Å². The third-order valence-corrected chi connectivity index (χ3v) is 5.72. The van der Waals surface area contributed by atoms with Gasteiger partial charge in [0.15, 0.2) is 5.82 Å². The molecule has 0 fully saturated rings. The smallest absolute Gasteiger partial charge is 0.244 e. The number of carbonyl (C=O) groups is 2. The Labute approximate surface area is 198 Å². The quantitative estimate of drug-likeness (QED) is 0.597. The van der Waals surface area contributed by atoms with Crippen LogP contribution in [0.25, 0.3) is 0 Å². The predicted octanol–water partition coefficient (Wildman–Crippen LogP) is 4.21. The maximum atomic E-state index is 13.3. The highest BCUT2D eigenvalue weighted by molar-refractivity contribution is 6.18. The number of aliphatic imine (C=N–C) groups is 1. The molecule has 0 atom stereocenters. The van der Waals surface area contributed by atoms with E-state index in [0.717, 1.165) is 16.7 Å². The van der Waals surface area contributed by atoms with Gasteiger partial charge in [-0.05, 0) is 60.9 Å². The van der Waals surface area contributed by atoms with Gasteiger partial charge in [0.2, 0.25) is 11.8 Å². The number of fused-ring (bicyclic) bond motifs is 1. The second kappa shape index (κ2) is 9.74. The Hall–Kier alpha value is -4.20. The molecule has 8 nitrogen and oxygen atoms in total. The second-order valence-electron chi connectivity index (χ2n) is 7.97. The summed E-state index contributed by atoms with van der Waals surface area (Å²) in [4.78, 5) is 36.8. The maximum absolute atomic E-state index is 13.3. The standard InChI is InChI=1S/C26H26N4O4/c1-16-7-8-18(12-17(16)2)21-14-25(32)30(26-20(28-21)6-5-11-27-26)15-24(31)29-22-13-19(33-3)9-10-23(22)34-4/h5-13H,14-15H2,1-4H3,(H,29,31). The molecule has 174 valence electrons. The van der Waals surface area contributed by atoms with Crippen LogP contribution in [0.4, 0.5) is 17.2 Å². The maximum Gasteiger partial charge on any atom is 0.244 e. The Bertz CT molecular complexity index is 1290. The van der Waals surface area contributed by atoms with Crippen LogP contribution in [0, 0.1) is 13.8 Å². The monoisotopic (exact) mass is 458 g/mol. The van der Waals surface area contributed by atoms with Gasteiger partial charge in [-0.15, -0.1) is 0 Å². The fraction of sp³-hybridized carbons (Fsp3) is 0.231. The van der Waals surface area contributed by atoms with Crippen LogP contribution in [0.1, 0.15) is 23.1 Å². The number of hydrogen-bond donors (Lipinski definition) is 1. The van der Waals surface area contributed by atoms with Gasteiger partial charge < -0.3 is 14.8 Å². The molecule has 4 rings (SSSR count). The molecule has 0 aliphatic carbocycles. The van der Waals surface area contributed by atoms with Gasteiger partial charge in [-0.3, -0.25) is 14.5 Å². The molecule has 2 amide bonds. The van der Waals surface area contributed by atoms with Crippen LogP contribution in [-0.2, 0) is 9.59 Å². The molecule has 0 bridgehead atoms. The van der Waals surface area contributed by atoms with Gasteiger partial charge in [0.05, 0.1) is 32.0 Å². The van der Waals surface area contributed by atoms with Gasteiger partial charge >= 0.3 is 0 Å². The van der Waals surface area contributed by atoms with Crippen LogP contribution in [0.3, 0.4) is 0 Å². The summed E-state index contributed by atoms with van der Waals surface area (Å²) in [7, 11) is 3.06. The molecule has 1 aromatic heterocycles. The Morgan fingerprint density at radius 3 is 2.62 bits per heavy atom. The lowest BCUT2D eigenvalue weighted by atomic mass is 10.0. The molecule has 8 heteroatoms. The highest BCUT2D eigenvalue weighted by Crippen LogP contribution is 2.32. The van der Waals surface area contributed by atoms with E-state index in [1.165, 1.54) is 12.0 Å². The van der Waals surface area contributed by atoms with E-state index in [1.807, 2.05) is 32.0 Å². The zero-order chi connectivity index (χ0) is 24.2. The van der Waals surface area contributed by atoms with E-state index >= 15 is 0 Å². The molecular weight excluding hydrogens is 432 g/mol. The van der Waals surface area contributed by atoms with Crippen molar-refractivity contribution in [3.05, 3.63) is 71.4 Å². The van der Waals surface area contributed by atoms with Crippen LogP contribution in [0.5, 0.6) is 11.5 Å². The number of aryl methyl sites for hydroxylation is 2. The summed E-state index contributed by atoms with van der Waals surface area (Å²) in [6.07, 6.45) is 1.63. The normalized spacial score (nSPS) is 13.0. The number of carbonyl (C=O) groups excluding carboxylic acids is 2. The van der Waals surface area contributed by atoms with Gasteiger partial charge in [-0.25, -0.2) is 9.98 Å². The van der Waals surface area contributed by atoms with Crippen molar-refractivity contribution in [1.82, 2.24) is 4.98 Å². The minimum Gasteiger partial charge on any atom is -0.497 e. The van der Waals surface area contributed by atoms with Crippen molar-refractivity contribution in [3.8, 4) is 11.5 Å². The highest BCUT2D eigenvalue weighted by Gasteiger charge is 2.28. The number of aromatic nitrogens is 1. The number of nitrogens with one attached hydrogen (secondary N) is 1. The van der Waals surface area contributed by atoms with E-state index in [0.29, 0.717) is 34.4 Å². The number of amides is 2. The number of rotatable bonds is 6. The van der Waals surface area contributed by atoms with E-state index in [4.69, 9.17) is 14.5 Å². The SMILES string of the molecule is COc1ccc(OC)c(NC(=O)CN2C(=O)CC(c3ccc(C)c(C)c3)=Nc3cccnc32)c1. The molecule has 0 unspecified atom stereocenters. The average Bonchev–Trinajstić information content (AvgIpc) is 2.97. The average molecular weight is 459 g/mol. The van der Waals surface area contributed by atoms with Crippen LogP contribution < -0.4 is 19.7 Å². The van der Waals surface area contributed by atoms with Crippen molar-refractivity contribution in [2.75, 3.05) is 31.0 Å². The zero-order valence-electron chi connectivity index (χ0n) is 19.6. The van der Waals surface area contributed by atoms with E-state index in [2.05, 4.69) is 10.3 Å². The topological polar surface area (TPSA) is 93.1 Å². The Kier molecular flexibility index (Phi) is 6.58. The molecule has 2 aromatic carbocycles. The molecule has 0 saturated heterocycles. The van der Waals surface area contributed by atoms with Gasteiger partial charge in [-0.2, -0.15) is 0 Å². The van der Waals surface area contributed by atoms with Crippen molar-refractivity contribution in [1.29, 1.82) is 0 Å². The minimum absolute atomic E-state index is 0.0502. The highest BCUT2D eigenvalue weighted by atomic mass is 16.5. The Morgan fingerprint density at radius 2 is 1.88 bits per heavy atom. The summed E-state index contributed by atoms with van der Waals surface area (Å²) in [6, 6.07) is 14.6. The first-order chi connectivity index (χ1) is 16.4. The first-order valence-corrected chi connectivity index (χ1v) is 10.8. The summed E-state index contributed by atoms with van der Waals surface area (Å²) < 4.78 is 10.6. The first kappa shape index (κ1) is 23.0. The molecule has 1 aliphatic rings. The zero-order valence-corrected chi connectivity index (χ0v) is 19.6. The van der Waals surface area contributed by atoms with Crippen LogP contribution in [0.15, 0.2) is 59.7 Å². The predicted molar refractivity (Wildman–Crippen MR) is 131 cm³/mol. The van der Waals surface area contributed by atoms with Crippen molar-refractivity contribution < 1.29 is 19.1 Å². The Morgan fingerprint density at radius 1 is 1.06 bits per heavy atom.